The van der Waals surface area contributed by atoms with Crippen LogP contribution in [0.1, 0.15) is 16.1 Å². The van der Waals surface area contributed by atoms with Crippen LogP contribution in [0.3, 0.4) is 0 Å². The van der Waals surface area contributed by atoms with E-state index in [-0.39, 0.29) is 11.7 Å². The van der Waals surface area contributed by atoms with Gasteiger partial charge in [0.25, 0.3) is 5.91 Å². The van der Waals surface area contributed by atoms with Gasteiger partial charge in [-0.3, -0.25) is 4.79 Å². The zero-order chi connectivity index (χ0) is 16.4. The Bertz CT molecular complexity index is 873. The predicted octanol–water partition coefficient (Wildman–Crippen LogP) is 3.94. The van der Waals surface area contributed by atoms with Gasteiger partial charge in [0.2, 0.25) is 0 Å². The van der Waals surface area contributed by atoms with E-state index in [4.69, 9.17) is 11.6 Å². The lowest BCUT2D eigenvalue weighted by Gasteiger charge is -2.07. The van der Waals surface area contributed by atoms with Gasteiger partial charge in [-0.1, -0.05) is 35.9 Å². The van der Waals surface area contributed by atoms with Crippen LogP contribution in [0.5, 0.6) is 0 Å². The van der Waals surface area contributed by atoms with Crippen LogP contribution in [0.25, 0.3) is 10.9 Å². The van der Waals surface area contributed by atoms with Crippen molar-refractivity contribution in [2.45, 2.75) is 6.42 Å². The Morgan fingerprint density at radius 1 is 1.22 bits per heavy atom. The Labute approximate surface area is 138 Å². The molecule has 0 fully saturated rings. The van der Waals surface area contributed by atoms with E-state index in [0.717, 1.165) is 10.9 Å². The molecular weight excluding hydrogens is 315 g/mol. The molecule has 1 aromatic heterocycles. The molecule has 0 radical (unpaired) electrons. The zero-order valence-electron chi connectivity index (χ0n) is 12.6. The molecule has 0 saturated carbocycles. The van der Waals surface area contributed by atoms with Crippen molar-refractivity contribution in [2.75, 3.05) is 6.54 Å². The molecule has 3 nitrogen and oxygen atoms in total. The predicted molar refractivity (Wildman–Crippen MR) is 90.4 cm³/mol. The highest BCUT2D eigenvalue weighted by molar-refractivity contribution is 6.35. The van der Waals surface area contributed by atoms with Crippen molar-refractivity contribution in [2.24, 2.45) is 7.05 Å². The van der Waals surface area contributed by atoms with Gasteiger partial charge in [0, 0.05) is 29.5 Å². The van der Waals surface area contributed by atoms with Gasteiger partial charge in [-0.15, -0.1) is 0 Å². The number of amides is 1. The molecule has 0 aliphatic carbocycles. The van der Waals surface area contributed by atoms with Gasteiger partial charge < -0.3 is 9.88 Å². The van der Waals surface area contributed by atoms with Crippen LogP contribution in [0, 0.1) is 5.82 Å². The van der Waals surface area contributed by atoms with Crippen molar-refractivity contribution in [1.29, 1.82) is 0 Å². The first-order valence-electron chi connectivity index (χ1n) is 7.33. The molecule has 5 heteroatoms. The van der Waals surface area contributed by atoms with Gasteiger partial charge in [0.05, 0.1) is 0 Å². The molecule has 0 aliphatic heterocycles. The molecule has 3 aromatic rings. The maximum absolute atomic E-state index is 13.6. The first-order chi connectivity index (χ1) is 11.1. The molecule has 3 rings (SSSR count). The van der Waals surface area contributed by atoms with E-state index < -0.39 is 0 Å². The van der Waals surface area contributed by atoms with Crippen LogP contribution in [0.4, 0.5) is 4.39 Å². The fourth-order valence-electron chi connectivity index (χ4n) is 2.64. The van der Waals surface area contributed by atoms with Gasteiger partial charge in [-0.25, -0.2) is 4.39 Å². The Morgan fingerprint density at radius 3 is 2.74 bits per heavy atom. The minimum atomic E-state index is -0.252. The number of nitrogens with zero attached hydrogens (tertiary/aromatic N) is 1. The fraction of sp³-hybridized carbons (Fsp3) is 0.167. The summed E-state index contributed by atoms with van der Waals surface area (Å²) >= 11 is 6.16. The number of halogens is 2. The highest BCUT2D eigenvalue weighted by Crippen LogP contribution is 2.26. The summed E-state index contributed by atoms with van der Waals surface area (Å²) in [5, 5.41) is 4.28. The maximum Gasteiger partial charge on any atom is 0.267 e. The third-order valence-corrected chi connectivity index (χ3v) is 4.23. The fourth-order valence-corrected chi connectivity index (χ4v) is 2.87. The number of carbonyl (C=O) groups excluding carboxylic acids is 1. The summed E-state index contributed by atoms with van der Waals surface area (Å²) in [4.78, 5) is 12.4. The van der Waals surface area contributed by atoms with Gasteiger partial charge in [0.1, 0.15) is 11.5 Å². The molecule has 118 valence electrons. The molecule has 0 saturated heterocycles. The Hall–Kier alpha value is -2.33. The van der Waals surface area contributed by atoms with E-state index in [9.17, 15) is 9.18 Å². The van der Waals surface area contributed by atoms with Crippen LogP contribution < -0.4 is 5.32 Å². The van der Waals surface area contributed by atoms with Gasteiger partial charge in [0.15, 0.2) is 0 Å². The summed E-state index contributed by atoms with van der Waals surface area (Å²) in [6.45, 7) is 0.370. The number of nitrogens with one attached hydrogen (secondary N) is 1. The van der Waals surface area contributed by atoms with Crippen molar-refractivity contribution in [3.8, 4) is 0 Å². The van der Waals surface area contributed by atoms with Crippen LogP contribution in [-0.4, -0.2) is 17.0 Å². The average Bonchev–Trinajstić information content (AvgIpc) is 2.88. The van der Waals surface area contributed by atoms with Crippen molar-refractivity contribution in [3.63, 3.8) is 0 Å². The highest BCUT2D eigenvalue weighted by Gasteiger charge is 2.14. The highest BCUT2D eigenvalue weighted by atomic mass is 35.5. The number of fused-ring (bicyclic) bond motifs is 1. The minimum absolute atomic E-state index is 0.198. The summed E-state index contributed by atoms with van der Waals surface area (Å²) in [5.74, 6) is -0.450. The first kappa shape index (κ1) is 15.6. The normalized spacial score (nSPS) is 10.9. The first-order valence-corrected chi connectivity index (χ1v) is 7.71. The summed E-state index contributed by atoms with van der Waals surface area (Å²) in [6.07, 6.45) is 0.448. The molecule has 0 spiro atoms. The summed E-state index contributed by atoms with van der Waals surface area (Å²) in [5.41, 5.74) is 2.02. The van der Waals surface area contributed by atoms with Crippen LogP contribution in [0.15, 0.2) is 48.5 Å². The zero-order valence-corrected chi connectivity index (χ0v) is 13.4. The van der Waals surface area contributed by atoms with Crippen molar-refractivity contribution >= 4 is 28.4 Å². The number of hydrogen-bond donors (Lipinski definition) is 1. The largest absolute Gasteiger partial charge is 0.350 e. The second-order valence-corrected chi connectivity index (χ2v) is 5.77. The molecule has 1 N–H and O–H groups in total. The van der Waals surface area contributed by atoms with Crippen molar-refractivity contribution < 1.29 is 9.18 Å². The molecule has 0 atom stereocenters. The van der Waals surface area contributed by atoms with Gasteiger partial charge in [-0.2, -0.15) is 0 Å². The Kier molecular flexibility index (Phi) is 4.35. The number of hydrogen-bond acceptors (Lipinski definition) is 1. The smallest absolute Gasteiger partial charge is 0.267 e. The maximum atomic E-state index is 13.6. The lowest BCUT2D eigenvalue weighted by Crippen LogP contribution is -2.27. The number of rotatable bonds is 4. The summed E-state index contributed by atoms with van der Waals surface area (Å²) in [7, 11) is 1.82. The van der Waals surface area contributed by atoms with Gasteiger partial charge in [-0.05, 0) is 36.2 Å². The van der Waals surface area contributed by atoms with Crippen LogP contribution in [-0.2, 0) is 13.5 Å². The number of aryl methyl sites for hydroxylation is 1. The molecule has 23 heavy (non-hydrogen) atoms. The van der Waals surface area contributed by atoms with Gasteiger partial charge >= 0.3 is 0 Å². The van der Waals surface area contributed by atoms with Crippen LogP contribution >= 0.6 is 11.6 Å². The molecule has 2 aromatic carbocycles. The van der Waals surface area contributed by atoms with Crippen molar-refractivity contribution in [1.82, 2.24) is 9.88 Å². The molecule has 1 amide bonds. The summed E-state index contributed by atoms with van der Waals surface area (Å²) < 4.78 is 15.4. The quantitative estimate of drug-likeness (QED) is 0.772. The second-order valence-electron chi connectivity index (χ2n) is 5.36. The van der Waals surface area contributed by atoms with E-state index in [1.807, 2.05) is 19.2 Å². The van der Waals surface area contributed by atoms with Crippen LogP contribution in [0.2, 0.25) is 5.02 Å². The molecule has 0 unspecified atom stereocenters. The third kappa shape index (κ3) is 3.08. The van der Waals surface area contributed by atoms with E-state index in [2.05, 4.69) is 5.32 Å². The lowest BCUT2D eigenvalue weighted by atomic mass is 10.1. The average molecular weight is 331 g/mol. The molecule has 0 bridgehead atoms. The number of aromatic nitrogens is 1. The summed E-state index contributed by atoms with van der Waals surface area (Å²) in [6, 6.07) is 13.9. The number of carbonyl (C=O) groups is 1. The standard InChI is InChI=1S/C18H16ClFN2O/c1-22-16-8-4-6-14(19)13(16)11-17(22)18(23)21-10-9-12-5-2-3-7-15(12)20/h2-8,11H,9-10H2,1H3,(H,21,23). The molecule has 0 aliphatic rings. The van der Waals surface area contributed by atoms with E-state index in [1.54, 1.807) is 34.9 Å². The van der Waals surface area contributed by atoms with E-state index in [1.165, 1.54) is 6.07 Å². The third-order valence-electron chi connectivity index (χ3n) is 3.90. The topological polar surface area (TPSA) is 34.0 Å². The van der Waals surface area contributed by atoms with Crippen molar-refractivity contribution in [3.05, 3.63) is 70.6 Å². The lowest BCUT2D eigenvalue weighted by molar-refractivity contribution is 0.0946. The molecular formula is C18H16ClFN2O. The minimum Gasteiger partial charge on any atom is -0.350 e. The van der Waals surface area contributed by atoms with E-state index >= 15 is 0 Å². The Balaban J connectivity index is 1.73. The monoisotopic (exact) mass is 330 g/mol. The molecule has 1 heterocycles. The Morgan fingerprint density at radius 2 is 2.00 bits per heavy atom. The number of benzene rings is 2. The SMILES string of the molecule is Cn1c(C(=O)NCCc2ccccc2F)cc2c(Cl)cccc21. The van der Waals surface area contributed by atoms with E-state index in [0.29, 0.717) is 29.2 Å². The second kappa shape index (κ2) is 6.42.